The van der Waals surface area contributed by atoms with E-state index in [1.807, 2.05) is 6.07 Å². The fourth-order valence-corrected chi connectivity index (χ4v) is 2.10. The number of nitrogen functional groups attached to an aromatic ring is 1. The number of carbonyl (C=O) groups excluding carboxylic acids is 1. The Bertz CT molecular complexity index is 920. The zero-order valence-corrected chi connectivity index (χ0v) is 14.2. The van der Waals surface area contributed by atoms with Gasteiger partial charge < -0.3 is 15.8 Å². The lowest BCUT2D eigenvalue weighted by Crippen LogP contribution is -2.13. The van der Waals surface area contributed by atoms with Gasteiger partial charge in [-0.05, 0) is 13.0 Å². The fourth-order valence-electron chi connectivity index (χ4n) is 2.10. The van der Waals surface area contributed by atoms with E-state index in [0.717, 1.165) is 0 Å². The number of H-pyrrole nitrogens is 1. The minimum atomic E-state index is -0.375. The Morgan fingerprint density at radius 3 is 2.88 bits per heavy atom. The summed E-state index contributed by atoms with van der Waals surface area (Å²) in [4.78, 5) is 16.4. The molecule has 0 fully saturated rings. The highest BCUT2D eigenvalue weighted by Gasteiger charge is 2.15. The Morgan fingerprint density at radius 2 is 2.27 bits per heavy atom. The molecular formula is C18H18N6O2. The molecule has 0 bridgehead atoms. The van der Waals surface area contributed by atoms with Crippen molar-refractivity contribution in [3.8, 4) is 23.3 Å². The Hall–Kier alpha value is -3.86. The van der Waals surface area contributed by atoms with Crippen LogP contribution in [0.25, 0.3) is 11.4 Å². The molecule has 0 atom stereocenters. The molecule has 0 unspecified atom stereocenters. The fraction of sp³-hybridized carbons (Fsp3) is 0.111. The van der Waals surface area contributed by atoms with Crippen molar-refractivity contribution in [1.82, 2.24) is 15.2 Å². The summed E-state index contributed by atoms with van der Waals surface area (Å²) in [5, 5.41) is 18.6. The van der Waals surface area contributed by atoms with Crippen LogP contribution in [0, 0.1) is 11.3 Å². The van der Waals surface area contributed by atoms with Gasteiger partial charge in [-0.1, -0.05) is 31.4 Å². The maximum atomic E-state index is 12.1. The van der Waals surface area contributed by atoms with Crippen LogP contribution < -0.4 is 15.8 Å². The van der Waals surface area contributed by atoms with E-state index < -0.39 is 0 Å². The van der Waals surface area contributed by atoms with Crippen molar-refractivity contribution in [3.63, 3.8) is 0 Å². The minimum absolute atomic E-state index is 0.146. The predicted octanol–water partition coefficient (Wildman–Crippen LogP) is 2.56. The molecule has 1 amide bonds. The van der Waals surface area contributed by atoms with Crippen molar-refractivity contribution in [2.75, 3.05) is 17.7 Å². The average molecular weight is 350 g/mol. The van der Waals surface area contributed by atoms with E-state index in [1.54, 1.807) is 13.0 Å². The van der Waals surface area contributed by atoms with Gasteiger partial charge in [0.15, 0.2) is 5.82 Å². The molecule has 0 radical (unpaired) electrons. The molecule has 0 saturated heterocycles. The van der Waals surface area contributed by atoms with Crippen molar-refractivity contribution >= 4 is 17.4 Å². The van der Waals surface area contributed by atoms with Crippen LogP contribution in [-0.2, 0) is 4.79 Å². The van der Waals surface area contributed by atoms with E-state index in [9.17, 15) is 10.1 Å². The van der Waals surface area contributed by atoms with Crippen LogP contribution in [0.2, 0.25) is 0 Å². The maximum Gasteiger partial charge on any atom is 0.256 e. The van der Waals surface area contributed by atoms with Gasteiger partial charge in [0.05, 0.1) is 23.7 Å². The number of nitrogens with two attached hydrogens (primary N) is 1. The second kappa shape index (κ2) is 8.30. The molecule has 0 spiro atoms. The van der Waals surface area contributed by atoms with Gasteiger partial charge in [-0.2, -0.15) is 10.4 Å². The third kappa shape index (κ3) is 3.96. The molecule has 4 N–H and O–H groups in total. The quantitative estimate of drug-likeness (QED) is 0.520. The molecule has 0 aliphatic carbocycles. The van der Waals surface area contributed by atoms with Gasteiger partial charge in [0.25, 0.3) is 5.91 Å². The number of nitrogens with zero attached hydrogens (tertiary/aromatic N) is 3. The Kier molecular flexibility index (Phi) is 5.90. The SMILES string of the molecule is C=C/C=C(\C=C)C(=O)Nc1cc(-c2cc(N)c(C#N)c(OCC)n2)[nH]n1. The lowest BCUT2D eigenvalue weighted by Gasteiger charge is -2.08. The third-order valence-corrected chi connectivity index (χ3v) is 3.28. The van der Waals surface area contributed by atoms with Gasteiger partial charge >= 0.3 is 0 Å². The van der Waals surface area contributed by atoms with Gasteiger partial charge in [0, 0.05) is 11.6 Å². The number of aromatic nitrogens is 3. The predicted molar refractivity (Wildman–Crippen MR) is 99.2 cm³/mol. The van der Waals surface area contributed by atoms with Crippen LogP contribution in [0.15, 0.2) is 49.1 Å². The van der Waals surface area contributed by atoms with E-state index in [1.165, 1.54) is 24.3 Å². The highest BCUT2D eigenvalue weighted by molar-refractivity contribution is 6.05. The summed E-state index contributed by atoms with van der Waals surface area (Å²) in [6.07, 6.45) is 4.44. The smallest absolute Gasteiger partial charge is 0.256 e. The molecule has 0 aromatic carbocycles. The summed E-state index contributed by atoms with van der Waals surface area (Å²) in [7, 11) is 0. The largest absolute Gasteiger partial charge is 0.477 e. The maximum absolute atomic E-state index is 12.1. The van der Waals surface area contributed by atoms with Crippen LogP contribution in [0.3, 0.4) is 0 Å². The Balaban J connectivity index is 2.31. The van der Waals surface area contributed by atoms with Crippen molar-refractivity contribution in [1.29, 1.82) is 5.26 Å². The van der Waals surface area contributed by atoms with Gasteiger partial charge in [-0.3, -0.25) is 9.89 Å². The highest BCUT2D eigenvalue weighted by Crippen LogP contribution is 2.28. The summed E-state index contributed by atoms with van der Waals surface area (Å²) in [6, 6.07) is 5.10. The molecule has 0 aliphatic heterocycles. The molecule has 2 aromatic rings. The number of hydrogen-bond acceptors (Lipinski definition) is 6. The summed E-state index contributed by atoms with van der Waals surface area (Å²) in [5.41, 5.74) is 7.61. The first-order valence-corrected chi connectivity index (χ1v) is 7.69. The van der Waals surface area contributed by atoms with Crippen LogP contribution in [0.4, 0.5) is 11.5 Å². The van der Waals surface area contributed by atoms with Crippen LogP contribution in [-0.4, -0.2) is 27.7 Å². The number of anilines is 2. The molecular weight excluding hydrogens is 332 g/mol. The number of ether oxygens (including phenoxy) is 1. The minimum Gasteiger partial charge on any atom is -0.477 e. The van der Waals surface area contributed by atoms with E-state index >= 15 is 0 Å². The van der Waals surface area contributed by atoms with E-state index in [4.69, 9.17) is 10.5 Å². The number of pyridine rings is 1. The first-order chi connectivity index (χ1) is 12.5. The average Bonchev–Trinajstić information content (AvgIpc) is 3.08. The number of rotatable bonds is 7. The van der Waals surface area contributed by atoms with Gasteiger partial charge in [0.1, 0.15) is 11.6 Å². The molecule has 2 aromatic heterocycles. The van der Waals surface area contributed by atoms with Crippen molar-refractivity contribution in [2.45, 2.75) is 6.92 Å². The number of nitriles is 1. The number of allylic oxidation sites excluding steroid dienone is 2. The summed E-state index contributed by atoms with van der Waals surface area (Å²) in [5.74, 6) is 0.0674. The van der Waals surface area contributed by atoms with E-state index in [0.29, 0.717) is 29.4 Å². The molecule has 0 saturated carbocycles. The second-order valence-electron chi connectivity index (χ2n) is 5.00. The summed E-state index contributed by atoms with van der Waals surface area (Å²) in [6.45, 7) is 9.25. The van der Waals surface area contributed by atoms with Crippen LogP contribution >= 0.6 is 0 Å². The van der Waals surface area contributed by atoms with Crippen LogP contribution in [0.1, 0.15) is 12.5 Å². The number of amides is 1. The lowest BCUT2D eigenvalue weighted by molar-refractivity contribution is -0.112. The Morgan fingerprint density at radius 1 is 1.50 bits per heavy atom. The van der Waals surface area contributed by atoms with E-state index in [2.05, 4.69) is 33.7 Å². The molecule has 26 heavy (non-hydrogen) atoms. The topological polar surface area (TPSA) is 130 Å². The van der Waals surface area contributed by atoms with Crippen molar-refractivity contribution < 1.29 is 9.53 Å². The zero-order chi connectivity index (χ0) is 19.1. The monoisotopic (exact) mass is 350 g/mol. The number of carbonyl (C=O) groups is 1. The van der Waals surface area contributed by atoms with Crippen molar-refractivity contribution in [3.05, 3.63) is 54.7 Å². The molecule has 2 heterocycles. The van der Waals surface area contributed by atoms with E-state index in [-0.39, 0.29) is 23.0 Å². The molecule has 0 aliphatic rings. The third-order valence-electron chi connectivity index (χ3n) is 3.28. The molecule has 132 valence electrons. The molecule has 8 heteroatoms. The second-order valence-corrected chi connectivity index (χ2v) is 5.00. The first-order valence-electron chi connectivity index (χ1n) is 7.69. The lowest BCUT2D eigenvalue weighted by atomic mass is 10.2. The summed E-state index contributed by atoms with van der Waals surface area (Å²) >= 11 is 0. The molecule has 8 nitrogen and oxygen atoms in total. The standard InChI is InChI=1S/C18H18N6O2/c1-4-7-11(5-2)17(25)22-16-9-15(23-24-16)14-8-13(20)12(10-19)18(21-14)26-6-3/h4-5,7-9H,1-2,6H2,3H3,(H2,20,21)(H2,22,23,24,25)/b11-7+. The van der Waals surface area contributed by atoms with Gasteiger partial charge in [-0.25, -0.2) is 4.98 Å². The molecule has 2 rings (SSSR count). The van der Waals surface area contributed by atoms with Crippen molar-refractivity contribution in [2.24, 2.45) is 0 Å². The zero-order valence-electron chi connectivity index (χ0n) is 14.2. The normalized spacial score (nSPS) is 10.7. The number of hydrogen-bond donors (Lipinski definition) is 3. The number of aromatic amines is 1. The van der Waals surface area contributed by atoms with Crippen LogP contribution in [0.5, 0.6) is 5.88 Å². The van der Waals surface area contributed by atoms with Gasteiger partial charge in [0.2, 0.25) is 5.88 Å². The van der Waals surface area contributed by atoms with Gasteiger partial charge in [-0.15, -0.1) is 0 Å². The summed E-state index contributed by atoms with van der Waals surface area (Å²) < 4.78 is 5.37. The first kappa shape index (κ1) is 18.5. The highest BCUT2D eigenvalue weighted by atomic mass is 16.5. The Labute approximate surface area is 150 Å². The number of nitrogens with one attached hydrogen (secondary N) is 2.